The van der Waals surface area contributed by atoms with E-state index in [2.05, 4.69) is 62.9 Å². The van der Waals surface area contributed by atoms with E-state index in [1.807, 2.05) is 24.8 Å². The van der Waals surface area contributed by atoms with E-state index in [4.69, 9.17) is 4.98 Å². The molecular weight excluding hydrogens is 344 g/mol. The van der Waals surface area contributed by atoms with Crippen LogP contribution in [0.2, 0.25) is 0 Å². The highest BCUT2D eigenvalue weighted by atomic mass is 15.0. The zero-order chi connectivity index (χ0) is 18.2. The molecule has 0 saturated carbocycles. The van der Waals surface area contributed by atoms with Crippen LogP contribution in [0.25, 0.3) is 49.5 Å². The maximum Gasteiger partial charge on any atom is 0.146 e. The summed E-state index contributed by atoms with van der Waals surface area (Å²) in [5, 5.41) is 3.38. The molecule has 0 aliphatic heterocycles. The Balaban J connectivity index is 1.72. The molecule has 1 aliphatic rings. The Morgan fingerprint density at radius 1 is 0.714 bits per heavy atom. The molecule has 0 N–H and O–H groups in total. The maximum absolute atomic E-state index is 5.16. The average Bonchev–Trinajstić information content (AvgIpc) is 3.33. The van der Waals surface area contributed by atoms with Crippen molar-refractivity contribution in [3.8, 4) is 11.1 Å². The van der Waals surface area contributed by atoms with E-state index < -0.39 is 0 Å². The van der Waals surface area contributed by atoms with Gasteiger partial charge in [0.15, 0.2) is 0 Å². The molecule has 4 heterocycles. The summed E-state index contributed by atoms with van der Waals surface area (Å²) in [4.78, 5) is 13.9. The van der Waals surface area contributed by atoms with Crippen molar-refractivity contribution in [2.75, 3.05) is 0 Å². The van der Waals surface area contributed by atoms with E-state index in [1.54, 1.807) is 0 Å². The van der Waals surface area contributed by atoms with Gasteiger partial charge in [0, 0.05) is 41.2 Å². The molecule has 0 unspecified atom stereocenters. The molecule has 0 radical (unpaired) electrons. The van der Waals surface area contributed by atoms with E-state index in [0.29, 0.717) is 0 Å². The normalized spacial score (nSPS) is 12.9. The average molecular weight is 358 g/mol. The first kappa shape index (κ1) is 14.3. The third-order valence-electron chi connectivity index (χ3n) is 6.00. The van der Waals surface area contributed by atoms with Gasteiger partial charge in [-0.1, -0.05) is 30.3 Å². The quantitative estimate of drug-likeness (QED) is 0.352. The highest BCUT2D eigenvalue weighted by Crippen LogP contribution is 2.41. The lowest BCUT2D eigenvalue weighted by atomic mass is 10.1. The van der Waals surface area contributed by atoms with Crippen LogP contribution in [-0.4, -0.2) is 19.4 Å². The molecule has 0 saturated heterocycles. The van der Waals surface area contributed by atoms with Gasteiger partial charge < -0.3 is 0 Å². The van der Waals surface area contributed by atoms with Crippen molar-refractivity contribution in [2.45, 2.75) is 6.42 Å². The SMILES string of the molecule is c1ccc2c(c1)Cc1c-2ccc2c1nc1c3ccncc3c3ccncc3n21. The van der Waals surface area contributed by atoms with Gasteiger partial charge in [-0.3, -0.25) is 14.4 Å². The standard InChI is InChI=1S/C24H14N4/c1-2-4-15-14(3-1)11-19-16(15)5-6-21-23(19)27-24-18-8-10-25-12-20(18)17-7-9-26-13-22(17)28(21)24/h1-10,12-13H,11H2. The van der Waals surface area contributed by atoms with Crippen LogP contribution < -0.4 is 0 Å². The van der Waals surface area contributed by atoms with Crippen molar-refractivity contribution in [1.82, 2.24) is 19.4 Å². The Morgan fingerprint density at radius 3 is 2.54 bits per heavy atom. The number of hydrogen-bond donors (Lipinski definition) is 0. The van der Waals surface area contributed by atoms with Crippen LogP contribution in [-0.2, 0) is 6.42 Å². The lowest BCUT2D eigenvalue weighted by Crippen LogP contribution is -1.92. The fourth-order valence-electron chi connectivity index (χ4n) is 4.78. The second-order valence-electron chi connectivity index (χ2n) is 7.38. The zero-order valence-electron chi connectivity index (χ0n) is 14.9. The fraction of sp³-hybridized carbons (Fsp3) is 0.0417. The van der Waals surface area contributed by atoms with E-state index in [9.17, 15) is 0 Å². The summed E-state index contributed by atoms with van der Waals surface area (Å²) in [5.41, 5.74) is 9.59. The van der Waals surface area contributed by atoms with E-state index >= 15 is 0 Å². The lowest BCUT2D eigenvalue weighted by molar-refractivity contribution is 1.26. The molecule has 0 atom stereocenters. The summed E-state index contributed by atoms with van der Waals surface area (Å²) in [6, 6.07) is 17.2. The summed E-state index contributed by atoms with van der Waals surface area (Å²) >= 11 is 0. The summed E-state index contributed by atoms with van der Waals surface area (Å²) < 4.78 is 2.25. The largest absolute Gasteiger partial charge is 0.290 e. The molecule has 28 heavy (non-hydrogen) atoms. The number of fused-ring (bicyclic) bond motifs is 12. The number of rotatable bonds is 0. The van der Waals surface area contributed by atoms with E-state index in [-0.39, 0.29) is 0 Å². The highest BCUT2D eigenvalue weighted by Gasteiger charge is 2.23. The molecular formula is C24H14N4. The Morgan fingerprint density at radius 2 is 1.57 bits per heavy atom. The van der Waals surface area contributed by atoms with Crippen molar-refractivity contribution in [3.05, 3.63) is 84.4 Å². The van der Waals surface area contributed by atoms with Crippen LogP contribution >= 0.6 is 0 Å². The molecule has 130 valence electrons. The minimum Gasteiger partial charge on any atom is -0.290 e. The van der Waals surface area contributed by atoms with Gasteiger partial charge in [0.2, 0.25) is 0 Å². The minimum atomic E-state index is 0.933. The number of benzene rings is 2. The predicted octanol–water partition coefficient (Wildman–Crippen LogP) is 5.16. The van der Waals surface area contributed by atoms with Crippen molar-refractivity contribution < 1.29 is 0 Å². The Kier molecular flexibility index (Phi) is 2.51. The first-order valence-electron chi connectivity index (χ1n) is 9.42. The molecule has 0 bridgehead atoms. The molecule has 6 aromatic rings. The number of hydrogen-bond acceptors (Lipinski definition) is 3. The first-order valence-corrected chi connectivity index (χ1v) is 9.42. The van der Waals surface area contributed by atoms with Gasteiger partial charge in [-0.2, -0.15) is 0 Å². The van der Waals surface area contributed by atoms with Crippen LogP contribution in [0.5, 0.6) is 0 Å². The van der Waals surface area contributed by atoms with Gasteiger partial charge in [-0.25, -0.2) is 4.98 Å². The van der Waals surface area contributed by atoms with Crippen molar-refractivity contribution >= 4 is 38.4 Å². The monoisotopic (exact) mass is 358 g/mol. The molecule has 0 spiro atoms. The summed E-state index contributed by atoms with van der Waals surface area (Å²) in [5.74, 6) is 0. The second-order valence-corrected chi connectivity index (χ2v) is 7.38. The van der Waals surface area contributed by atoms with Gasteiger partial charge in [0.25, 0.3) is 0 Å². The molecule has 0 amide bonds. The Hall–Kier alpha value is -3.79. The van der Waals surface area contributed by atoms with Crippen LogP contribution in [0, 0.1) is 0 Å². The maximum atomic E-state index is 5.16. The Labute approximate surface area is 160 Å². The van der Waals surface area contributed by atoms with Crippen LogP contribution in [0.3, 0.4) is 0 Å². The van der Waals surface area contributed by atoms with Crippen LogP contribution in [0.15, 0.2) is 73.3 Å². The van der Waals surface area contributed by atoms with Gasteiger partial charge >= 0.3 is 0 Å². The highest BCUT2D eigenvalue weighted by molar-refractivity contribution is 6.13. The number of aromatic nitrogens is 4. The zero-order valence-corrected chi connectivity index (χ0v) is 14.9. The lowest BCUT2D eigenvalue weighted by Gasteiger charge is -2.08. The Bertz CT molecular complexity index is 1590. The second kappa shape index (κ2) is 4.93. The van der Waals surface area contributed by atoms with Gasteiger partial charge in [-0.15, -0.1) is 0 Å². The smallest absolute Gasteiger partial charge is 0.146 e. The number of pyridine rings is 3. The molecule has 0 fully saturated rings. The summed E-state index contributed by atoms with van der Waals surface area (Å²) in [7, 11) is 0. The number of imidazole rings is 1. The van der Waals surface area contributed by atoms with Crippen LogP contribution in [0.1, 0.15) is 11.1 Å². The van der Waals surface area contributed by atoms with Gasteiger partial charge in [0.1, 0.15) is 5.65 Å². The molecule has 1 aliphatic carbocycles. The third-order valence-corrected chi connectivity index (χ3v) is 6.00. The topological polar surface area (TPSA) is 43.1 Å². The molecule has 4 nitrogen and oxygen atoms in total. The molecule has 4 heteroatoms. The minimum absolute atomic E-state index is 0.933. The number of nitrogens with zero attached hydrogens (tertiary/aromatic N) is 4. The molecule has 7 rings (SSSR count). The predicted molar refractivity (Wildman–Crippen MR) is 112 cm³/mol. The summed E-state index contributed by atoms with van der Waals surface area (Å²) in [6.45, 7) is 0. The first-order chi connectivity index (χ1) is 13.9. The van der Waals surface area contributed by atoms with Crippen molar-refractivity contribution in [3.63, 3.8) is 0 Å². The summed E-state index contributed by atoms with van der Waals surface area (Å²) in [6.07, 6.45) is 8.47. The van der Waals surface area contributed by atoms with E-state index in [0.717, 1.165) is 44.8 Å². The van der Waals surface area contributed by atoms with Crippen molar-refractivity contribution in [1.29, 1.82) is 0 Å². The van der Waals surface area contributed by atoms with Crippen molar-refractivity contribution in [2.24, 2.45) is 0 Å². The van der Waals surface area contributed by atoms with Gasteiger partial charge in [-0.05, 0) is 40.5 Å². The van der Waals surface area contributed by atoms with Crippen LogP contribution in [0.4, 0.5) is 0 Å². The molecule has 2 aromatic carbocycles. The van der Waals surface area contributed by atoms with E-state index in [1.165, 1.54) is 22.3 Å². The fourth-order valence-corrected chi connectivity index (χ4v) is 4.78. The third kappa shape index (κ3) is 1.63. The van der Waals surface area contributed by atoms with Gasteiger partial charge in [0.05, 0.1) is 22.7 Å². The molecule has 4 aromatic heterocycles.